The van der Waals surface area contributed by atoms with E-state index < -0.39 is 0 Å². The minimum atomic E-state index is 0.0284. The monoisotopic (exact) mass is 305 g/mol. The fraction of sp³-hybridized carbons (Fsp3) is 0.316. The molecule has 2 aromatic rings. The van der Waals surface area contributed by atoms with Crippen molar-refractivity contribution in [2.24, 2.45) is 0 Å². The van der Waals surface area contributed by atoms with Crippen LogP contribution in [0.2, 0.25) is 0 Å². The maximum Gasteiger partial charge on any atom is 0.220 e. The molecule has 4 nitrogen and oxygen atoms in total. The number of pyridine rings is 1. The first-order valence-corrected chi connectivity index (χ1v) is 7.95. The molecule has 116 valence electrons. The van der Waals surface area contributed by atoms with Crippen LogP contribution in [0.1, 0.15) is 47.6 Å². The highest BCUT2D eigenvalue weighted by Crippen LogP contribution is 2.38. The highest BCUT2D eigenvalue weighted by molar-refractivity contribution is 5.76. The van der Waals surface area contributed by atoms with E-state index >= 15 is 0 Å². The van der Waals surface area contributed by atoms with Gasteiger partial charge < -0.3 is 5.32 Å². The molecule has 4 heteroatoms. The molecule has 1 aliphatic carbocycles. The smallest absolute Gasteiger partial charge is 0.220 e. The number of rotatable bonds is 6. The number of benzene rings is 1. The molecule has 1 aliphatic rings. The Bertz CT molecular complexity index is 710. The summed E-state index contributed by atoms with van der Waals surface area (Å²) in [6, 6.07) is 13.5. The van der Waals surface area contributed by atoms with Crippen LogP contribution in [0.15, 0.2) is 42.6 Å². The second-order valence-electron chi connectivity index (χ2n) is 5.95. The molecule has 0 unspecified atom stereocenters. The fourth-order valence-corrected chi connectivity index (χ4v) is 2.45. The number of hydrogen-bond acceptors (Lipinski definition) is 3. The van der Waals surface area contributed by atoms with Gasteiger partial charge in [0.05, 0.1) is 11.6 Å². The molecule has 1 N–H and O–H groups in total. The first kappa shape index (κ1) is 15.2. The van der Waals surface area contributed by atoms with Gasteiger partial charge in [-0.3, -0.25) is 9.78 Å². The average Bonchev–Trinajstić information content (AvgIpc) is 3.44. The molecule has 1 fully saturated rings. The Labute approximate surface area is 136 Å². The number of carbonyl (C=O) groups excluding carboxylic acids is 1. The molecular weight excluding hydrogens is 286 g/mol. The number of nitrogens with zero attached hydrogens (tertiary/aromatic N) is 2. The zero-order valence-electron chi connectivity index (χ0n) is 13.0. The van der Waals surface area contributed by atoms with E-state index in [0.717, 1.165) is 11.1 Å². The van der Waals surface area contributed by atoms with E-state index in [0.29, 0.717) is 30.9 Å². The molecule has 1 heterocycles. The number of nitrogens with one attached hydrogen (secondary N) is 1. The van der Waals surface area contributed by atoms with E-state index in [-0.39, 0.29) is 5.91 Å². The van der Waals surface area contributed by atoms with Crippen molar-refractivity contribution in [2.75, 3.05) is 0 Å². The summed E-state index contributed by atoms with van der Waals surface area (Å²) in [5.41, 5.74) is 3.90. The second-order valence-corrected chi connectivity index (χ2v) is 5.95. The molecular formula is C19H19N3O. The number of aromatic nitrogens is 1. The lowest BCUT2D eigenvalue weighted by Gasteiger charge is -2.06. The van der Waals surface area contributed by atoms with Gasteiger partial charge in [0.1, 0.15) is 0 Å². The molecule has 1 saturated carbocycles. The van der Waals surface area contributed by atoms with E-state index in [1.54, 1.807) is 12.1 Å². The highest BCUT2D eigenvalue weighted by atomic mass is 16.1. The van der Waals surface area contributed by atoms with E-state index in [4.69, 9.17) is 5.26 Å². The Morgan fingerprint density at radius 3 is 2.52 bits per heavy atom. The van der Waals surface area contributed by atoms with Crippen molar-refractivity contribution in [3.8, 4) is 6.07 Å². The van der Waals surface area contributed by atoms with Crippen LogP contribution in [0.25, 0.3) is 0 Å². The van der Waals surface area contributed by atoms with Crippen molar-refractivity contribution < 1.29 is 4.79 Å². The van der Waals surface area contributed by atoms with E-state index in [1.807, 2.05) is 24.4 Å². The van der Waals surface area contributed by atoms with Crippen LogP contribution in [0.5, 0.6) is 0 Å². The molecule has 3 rings (SSSR count). The van der Waals surface area contributed by atoms with Crippen molar-refractivity contribution in [2.45, 2.75) is 38.1 Å². The van der Waals surface area contributed by atoms with Crippen LogP contribution in [0.4, 0.5) is 0 Å². The Hall–Kier alpha value is -2.67. The van der Waals surface area contributed by atoms with Crippen LogP contribution in [-0.4, -0.2) is 10.9 Å². The maximum atomic E-state index is 11.9. The van der Waals surface area contributed by atoms with Gasteiger partial charge in [-0.05, 0) is 48.6 Å². The van der Waals surface area contributed by atoms with Crippen molar-refractivity contribution in [3.63, 3.8) is 0 Å². The Morgan fingerprint density at radius 2 is 1.91 bits per heavy atom. The molecule has 0 bridgehead atoms. The van der Waals surface area contributed by atoms with E-state index in [2.05, 4.69) is 22.4 Å². The third kappa shape index (κ3) is 4.40. The molecule has 1 aromatic heterocycles. The molecule has 0 saturated heterocycles. The van der Waals surface area contributed by atoms with Gasteiger partial charge in [0.25, 0.3) is 0 Å². The standard InChI is InChI=1S/C19H19N3O/c20-11-15-3-1-14(2-4-15)6-10-19(23)22-13-16-5-9-18(21-12-16)17-7-8-17/h1-5,9,12,17H,6-8,10,13H2,(H,22,23). The summed E-state index contributed by atoms with van der Waals surface area (Å²) in [6.45, 7) is 0.518. The van der Waals surface area contributed by atoms with Crippen LogP contribution >= 0.6 is 0 Å². The average molecular weight is 305 g/mol. The summed E-state index contributed by atoms with van der Waals surface area (Å²) in [7, 11) is 0. The second kappa shape index (κ2) is 7.06. The van der Waals surface area contributed by atoms with E-state index in [9.17, 15) is 4.79 Å². The summed E-state index contributed by atoms with van der Waals surface area (Å²) in [5.74, 6) is 0.687. The molecule has 0 radical (unpaired) electrons. The van der Waals surface area contributed by atoms with Gasteiger partial charge in [-0.2, -0.15) is 5.26 Å². The summed E-state index contributed by atoms with van der Waals surface area (Å²) < 4.78 is 0. The van der Waals surface area contributed by atoms with Crippen molar-refractivity contribution in [1.82, 2.24) is 10.3 Å². The SMILES string of the molecule is N#Cc1ccc(CCC(=O)NCc2ccc(C3CC3)nc2)cc1. The quantitative estimate of drug-likeness (QED) is 0.892. The first-order chi connectivity index (χ1) is 11.2. The van der Waals surface area contributed by atoms with Crippen LogP contribution in [0, 0.1) is 11.3 Å². The zero-order valence-corrected chi connectivity index (χ0v) is 13.0. The third-order valence-corrected chi connectivity index (χ3v) is 4.06. The lowest BCUT2D eigenvalue weighted by Crippen LogP contribution is -2.23. The predicted octanol–water partition coefficient (Wildman–Crippen LogP) is 3.08. The van der Waals surface area contributed by atoms with Crippen molar-refractivity contribution >= 4 is 5.91 Å². The summed E-state index contributed by atoms with van der Waals surface area (Å²) in [4.78, 5) is 16.4. The predicted molar refractivity (Wildman–Crippen MR) is 87.5 cm³/mol. The number of hydrogen-bond donors (Lipinski definition) is 1. The largest absolute Gasteiger partial charge is 0.352 e. The topological polar surface area (TPSA) is 65.8 Å². The van der Waals surface area contributed by atoms with Crippen molar-refractivity contribution in [1.29, 1.82) is 5.26 Å². The first-order valence-electron chi connectivity index (χ1n) is 7.95. The number of nitriles is 1. The van der Waals surface area contributed by atoms with Gasteiger partial charge in [-0.15, -0.1) is 0 Å². The van der Waals surface area contributed by atoms with Crippen LogP contribution in [0.3, 0.4) is 0 Å². The molecule has 0 atom stereocenters. The van der Waals surface area contributed by atoms with Crippen molar-refractivity contribution in [3.05, 3.63) is 65.0 Å². The van der Waals surface area contributed by atoms with Gasteiger partial charge in [0.15, 0.2) is 0 Å². The Morgan fingerprint density at radius 1 is 1.17 bits per heavy atom. The Balaban J connectivity index is 1.42. The molecule has 0 aliphatic heterocycles. The number of carbonyl (C=O) groups is 1. The van der Waals surface area contributed by atoms with E-state index in [1.165, 1.54) is 18.5 Å². The minimum Gasteiger partial charge on any atom is -0.352 e. The van der Waals surface area contributed by atoms with Gasteiger partial charge >= 0.3 is 0 Å². The fourth-order valence-electron chi connectivity index (χ4n) is 2.45. The molecule has 0 spiro atoms. The van der Waals surface area contributed by atoms with Gasteiger partial charge in [-0.1, -0.05) is 18.2 Å². The van der Waals surface area contributed by atoms with Gasteiger partial charge in [0.2, 0.25) is 5.91 Å². The lowest BCUT2D eigenvalue weighted by molar-refractivity contribution is -0.121. The lowest BCUT2D eigenvalue weighted by atomic mass is 10.1. The Kier molecular flexibility index (Phi) is 4.68. The van der Waals surface area contributed by atoms with Crippen LogP contribution in [-0.2, 0) is 17.8 Å². The number of aryl methyl sites for hydroxylation is 1. The minimum absolute atomic E-state index is 0.0284. The molecule has 23 heavy (non-hydrogen) atoms. The summed E-state index contributed by atoms with van der Waals surface area (Å²) in [6.07, 6.45) is 5.47. The van der Waals surface area contributed by atoms with Gasteiger partial charge in [-0.25, -0.2) is 0 Å². The zero-order chi connectivity index (χ0) is 16.1. The number of amides is 1. The normalized spacial score (nSPS) is 13.3. The highest BCUT2D eigenvalue weighted by Gasteiger charge is 2.24. The summed E-state index contributed by atoms with van der Waals surface area (Å²) >= 11 is 0. The third-order valence-electron chi connectivity index (χ3n) is 4.06. The van der Waals surface area contributed by atoms with Gasteiger partial charge in [0, 0.05) is 30.8 Å². The van der Waals surface area contributed by atoms with Crippen LogP contribution < -0.4 is 5.32 Å². The summed E-state index contributed by atoms with van der Waals surface area (Å²) in [5, 5.41) is 11.7. The maximum absolute atomic E-state index is 11.9. The molecule has 1 aromatic carbocycles. The molecule has 1 amide bonds.